The van der Waals surface area contributed by atoms with Gasteiger partial charge in [0, 0.05) is 10.1 Å². The third kappa shape index (κ3) is 4.32. The maximum Gasteiger partial charge on any atom is 0.201 e. The summed E-state index contributed by atoms with van der Waals surface area (Å²) < 4.78 is 34.3. The molecule has 1 heterocycles. The number of fused-ring (bicyclic) bond motifs is 1. The molecular weight excluding hydrogens is 338 g/mol. The molecule has 1 aromatic rings. The predicted molar refractivity (Wildman–Crippen MR) is 100 cm³/mol. The number of benzene rings is 1. The lowest BCUT2D eigenvalue weighted by atomic mass is 9.78. The second-order valence-electron chi connectivity index (χ2n) is 7.62. The van der Waals surface area contributed by atoms with E-state index in [1.165, 1.54) is 38.5 Å². The molecule has 0 radical (unpaired) electrons. The number of hydrogen-bond acceptors (Lipinski definition) is 2. The standard InChI is InChI=1S/C21H30F2OS/c1-3-5-11-24-17-12-16-13-18(25-21(16)20(23)19(17)22)15-9-7-14(6-4-2)8-10-15/h12,14-15,18H,3-11,13H2,1-2H3. The first kappa shape index (κ1) is 19.0. The Labute approximate surface area is 154 Å². The summed E-state index contributed by atoms with van der Waals surface area (Å²) in [7, 11) is 0. The molecule has 0 amide bonds. The van der Waals surface area contributed by atoms with Gasteiger partial charge in [-0.1, -0.05) is 46.0 Å². The van der Waals surface area contributed by atoms with Crippen molar-refractivity contribution in [3.63, 3.8) is 0 Å². The molecule has 3 rings (SSSR count). The highest BCUT2D eigenvalue weighted by molar-refractivity contribution is 8.00. The van der Waals surface area contributed by atoms with E-state index in [-0.39, 0.29) is 5.75 Å². The minimum atomic E-state index is -0.811. The maximum absolute atomic E-state index is 14.5. The summed E-state index contributed by atoms with van der Waals surface area (Å²) in [5.41, 5.74) is 0.941. The molecule has 2 aliphatic rings. The Kier molecular flexibility index (Phi) is 6.65. The van der Waals surface area contributed by atoms with Crippen molar-refractivity contribution in [2.75, 3.05) is 6.61 Å². The Balaban J connectivity index is 1.65. The normalized spacial score (nSPS) is 25.8. The Bertz CT molecular complexity index is 582. The first-order valence-corrected chi connectivity index (χ1v) is 10.8. The molecule has 25 heavy (non-hydrogen) atoms. The number of thioether (sulfide) groups is 1. The van der Waals surface area contributed by atoms with Gasteiger partial charge in [0.05, 0.1) is 6.61 Å². The minimum Gasteiger partial charge on any atom is -0.490 e. The minimum absolute atomic E-state index is 0.0950. The number of unbranched alkanes of at least 4 members (excludes halogenated alkanes) is 1. The molecule has 0 saturated heterocycles. The topological polar surface area (TPSA) is 9.23 Å². The molecule has 1 atom stereocenters. The van der Waals surface area contributed by atoms with E-state index in [0.717, 1.165) is 30.7 Å². The number of hydrogen-bond donors (Lipinski definition) is 0. The highest BCUT2D eigenvalue weighted by Gasteiger charge is 2.35. The first-order valence-electron chi connectivity index (χ1n) is 9.94. The second-order valence-corrected chi connectivity index (χ2v) is 8.87. The van der Waals surface area contributed by atoms with E-state index in [0.29, 0.717) is 22.7 Å². The molecule has 1 fully saturated rings. The second kappa shape index (κ2) is 8.75. The van der Waals surface area contributed by atoms with Gasteiger partial charge in [0.25, 0.3) is 0 Å². The molecule has 140 valence electrons. The number of halogens is 2. The highest BCUT2D eigenvalue weighted by Crippen LogP contribution is 2.48. The van der Waals surface area contributed by atoms with Gasteiger partial charge >= 0.3 is 0 Å². The van der Waals surface area contributed by atoms with Crippen LogP contribution in [0, 0.1) is 23.5 Å². The SMILES string of the molecule is CCCCOc1cc2c(c(F)c1F)SC(C1CCC(CCC)CC1)C2. The third-order valence-corrected chi connectivity index (χ3v) is 7.30. The Morgan fingerprint density at radius 2 is 1.84 bits per heavy atom. The van der Waals surface area contributed by atoms with Crippen molar-refractivity contribution in [1.29, 1.82) is 0 Å². The average molecular weight is 369 g/mol. The Morgan fingerprint density at radius 1 is 1.08 bits per heavy atom. The lowest BCUT2D eigenvalue weighted by Gasteiger charge is -2.31. The van der Waals surface area contributed by atoms with Gasteiger partial charge in [-0.25, -0.2) is 4.39 Å². The van der Waals surface area contributed by atoms with Gasteiger partial charge in [-0.3, -0.25) is 0 Å². The van der Waals surface area contributed by atoms with E-state index < -0.39 is 11.6 Å². The zero-order valence-corrected chi connectivity index (χ0v) is 16.3. The number of rotatable bonds is 7. The van der Waals surface area contributed by atoms with E-state index >= 15 is 0 Å². The Hall–Kier alpha value is -0.770. The van der Waals surface area contributed by atoms with Crippen LogP contribution < -0.4 is 4.74 Å². The van der Waals surface area contributed by atoms with Crippen LogP contribution in [0.15, 0.2) is 11.0 Å². The van der Waals surface area contributed by atoms with E-state index in [4.69, 9.17) is 4.74 Å². The van der Waals surface area contributed by atoms with Crippen molar-refractivity contribution >= 4 is 11.8 Å². The van der Waals surface area contributed by atoms with E-state index in [2.05, 4.69) is 13.8 Å². The largest absolute Gasteiger partial charge is 0.490 e. The predicted octanol–water partition coefficient (Wildman–Crippen LogP) is 6.77. The van der Waals surface area contributed by atoms with Gasteiger partial charge in [0.1, 0.15) is 0 Å². The zero-order valence-electron chi connectivity index (χ0n) is 15.5. The molecule has 1 aliphatic carbocycles. The van der Waals surface area contributed by atoms with Crippen LogP contribution in [-0.2, 0) is 6.42 Å². The zero-order chi connectivity index (χ0) is 17.8. The van der Waals surface area contributed by atoms with Crippen LogP contribution >= 0.6 is 11.8 Å². The van der Waals surface area contributed by atoms with Crippen LogP contribution in [-0.4, -0.2) is 11.9 Å². The summed E-state index contributed by atoms with van der Waals surface area (Å²) in [6.45, 7) is 4.76. The van der Waals surface area contributed by atoms with Gasteiger partial charge < -0.3 is 4.74 Å². The Morgan fingerprint density at radius 3 is 2.52 bits per heavy atom. The van der Waals surface area contributed by atoms with Crippen molar-refractivity contribution in [2.45, 2.75) is 81.8 Å². The van der Waals surface area contributed by atoms with E-state index in [1.54, 1.807) is 17.8 Å². The summed E-state index contributed by atoms with van der Waals surface area (Å²) in [6.07, 6.45) is 10.4. The average Bonchev–Trinajstić information content (AvgIpc) is 3.04. The van der Waals surface area contributed by atoms with Crippen LogP contribution in [0.1, 0.15) is 70.8 Å². The van der Waals surface area contributed by atoms with Crippen molar-refractivity contribution in [2.24, 2.45) is 11.8 Å². The summed E-state index contributed by atoms with van der Waals surface area (Å²) in [6, 6.07) is 1.75. The molecule has 1 nitrogen and oxygen atoms in total. The van der Waals surface area contributed by atoms with Crippen LogP contribution in [0.4, 0.5) is 8.78 Å². The van der Waals surface area contributed by atoms with Crippen molar-refractivity contribution in [3.8, 4) is 5.75 Å². The van der Waals surface area contributed by atoms with Crippen molar-refractivity contribution < 1.29 is 13.5 Å². The van der Waals surface area contributed by atoms with Crippen LogP contribution in [0.3, 0.4) is 0 Å². The highest BCUT2D eigenvalue weighted by atomic mass is 32.2. The van der Waals surface area contributed by atoms with Crippen LogP contribution in [0.25, 0.3) is 0 Å². The maximum atomic E-state index is 14.5. The lowest BCUT2D eigenvalue weighted by Crippen LogP contribution is -2.23. The fraction of sp³-hybridized carbons (Fsp3) is 0.714. The van der Waals surface area contributed by atoms with E-state index in [1.807, 2.05) is 0 Å². The summed E-state index contributed by atoms with van der Waals surface area (Å²) in [4.78, 5) is 0.529. The fourth-order valence-electron chi connectivity index (χ4n) is 4.28. The summed E-state index contributed by atoms with van der Waals surface area (Å²) in [5.74, 6) is 0.101. The van der Waals surface area contributed by atoms with E-state index in [9.17, 15) is 8.78 Å². The van der Waals surface area contributed by atoms with Gasteiger partial charge in [0.15, 0.2) is 11.6 Å². The van der Waals surface area contributed by atoms with Crippen molar-refractivity contribution in [3.05, 3.63) is 23.3 Å². The smallest absolute Gasteiger partial charge is 0.201 e. The molecule has 1 aliphatic heterocycles. The molecule has 0 spiro atoms. The van der Waals surface area contributed by atoms with Crippen molar-refractivity contribution in [1.82, 2.24) is 0 Å². The molecule has 0 N–H and O–H groups in total. The van der Waals surface area contributed by atoms with Crippen LogP contribution in [0.2, 0.25) is 0 Å². The van der Waals surface area contributed by atoms with Gasteiger partial charge in [-0.05, 0) is 49.1 Å². The first-order chi connectivity index (χ1) is 12.1. The molecule has 1 aromatic carbocycles. The molecular formula is C21H30F2OS. The lowest BCUT2D eigenvalue weighted by molar-refractivity contribution is 0.258. The third-order valence-electron chi connectivity index (χ3n) is 5.77. The monoisotopic (exact) mass is 368 g/mol. The molecule has 1 unspecified atom stereocenters. The number of ether oxygens (including phenoxy) is 1. The van der Waals surface area contributed by atoms with Gasteiger partial charge in [-0.2, -0.15) is 4.39 Å². The molecule has 1 saturated carbocycles. The van der Waals surface area contributed by atoms with Crippen LogP contribution in [0.5, 0.6) is 5.75 Å². The quantitative estimate of drug-likeness (QED) is 0.491. The fourth-order valence-corrected chi connectivity index (χ4v) is 5.79. The molecule has 0 bridgehead atoms. The molecule has 4 heteroatoms. The van der Waals surface area contributed by atoms with Gasteiger partial charge in [0.2, 0.25) is 5.82 Å². The summed E-state index contributed by atoms with van der Waals surface area (Å²) in [5, 5.41) is 0.400. The van der Waals surface area contributed by atoms with Gasteiger partial charge in [-0.15, -0.1) is 11.8 Å². The summed E-state index contributed by atoms with van der Waals surface area (Å²) >= 11 is 1.56. The molecule has 0 aromatic heterocycles.